The normalized spacial score (nSPS) is 13.2. The van der Waals surface area contributed by atoms with Crippen molar-refractivity contribution in [2.75, 3.05) is 20.7 Å². The molecule has 1 atom stereocenters. The first-order valence-electron chi connectivity index (χ1n) is 5.57. The molecule has 0 amide bonds. The average molecular weight is 223 g/mol. The third kappa shape index (κ3) is 3.51. The summed E-state index contributed by atoms with van der Waals surface area (Å²) in [7, 11) is 3.64. The van der Waals surface area contributed by atoms with E-state index in [4.69, 9.17) is 4.74 Å². The van der Waals surface area contributed by atoms with Gasteiger partial charge in [0.1, 0.15) is 5.75 Å². The lowest BCUT2D eigenvalue weighted by Crippen LogP contribution is -2.30. The summed E-state index contributed by atoms with van der Waals surface area (Å²) in [5.74, 6) is 0.781. The number of likely N-dealkylation sites (N-methyl/N-ethyl adjacent to an activating group) is 1. The standard InChI is InChI=1S/C13H21NO2/c1-10(2)14(3)9-13(15)11-6-5-7-12(8-11)16-4/h5-8,10,13,15H,9H2,1-4H3. The van der Waals surface area contributed by atoms with Gasteiger partial charge in [-0.15, -0.1) is 0 Å². The van der Waals surface area contributed by atoms with Crippen molar-refractivity contribution in [3.63, 3.8) is 0 Å². The van der Waals surface area contributed by atoms with Crippen molar-refractivity contribution in [2.45, 2.75) is 26.0 Å². The fourth-order valence-electron chi connectivity index (χ4n) is 1.44. The minimum absolute atomic E-state index is 0.431. The molecule has 0 saturated carbocycles. The van der Waals surface area contributed by atoms with Crippen LogP contribution in [0.15, 0.2) is 24.3 Å². The predicted octanol–water partition coefficient (Wildman–Crippen LogP) is 2.07. The summed E-state index contributed by atoms with van der Waals surface area (Å²) in [6, 6.07) is 8.00. The lowest BCUT2D eigenvalue weighted by Gasteiger charge is -2.24. The minimum atomic E-state index is -0.470. The molecule has 0 heterocycles. The first kappa shape index (κ1) is 13.0. The summed E-state index contributed by atoms with van der Waals surface area (Å²) in [5.41, 5.74) is 0.895. The maximum Gasteiger partial charge on any atom is 0.119 e. The highest BCUT2D eigenvalue weighted by Crippen LogP contribution is 2.19. The predicted molar refractivity (Wildman–Crippen MR) is 65.7 cm³/mol. The summed E-state index contributed by atoms with van der Waals surface area (Å²) in [5, 5.41) is 10.1. The van der Waals surface area contributed by atoms with E-state index in [1.807, 2.05) is 31.3 Å². The van der Waals surface area contributed by atoms with Crippen LogP contribution >= 0.6 is 0 Å². The molecule has 3 nitrogen and oxygen atoms in total. The zero-order valence-electron chi connectivity index (χ0n) is 10.5. The van der Waals surface area contributed by atoms with E-state index in [-0.39, 0.29) is 0 Å². The average Bonchev–Trinajstić information content (AvgIpc) is 2.28. The molecule has 0 aromatic heterocycles. The van der Waals surface area contributed by atoms with E-state index in [1.54, 1.807) is 7.11 Å². The van der Waals surface area contributed by atoms with Crippen LogP contribution in [0.25, 0.3) is 0 Å². The van der Waals surface area contributed by atoms with Crippen LogP contribution in [0, 0.1) is 0 Å². The molecular weight excluding hydrogens is 202 g/mol. The van der Waals surface area contributed by atoms with Gasteiger partial charge in [-0.1, -0.05) is 12.1 Å². The van der Waals surface area contributed by atoms with Crippen LogP contribution in [-0.2, 0) is 0 Å². The molecule has 1 aromatic rings. The van der Waals surface area contributed by atoms with Gasteiger partial charge in [0.15, 0.2) is 0 Å². The highest BCUT2D eigenvalue weighted by Gasteiger charge is 2.12. The van der Waals surface area contributed by atoms with Crippen molar-refractivity contribution >= 4 is 0 Å². The van der Waals surface area contributed by atoms with Crippen molar-refractivity contribution in [1.29, 1.82) is 0 Å². The van der Waals surface area contributed by atoms with E-state index in [1.165, 1.54) is 0 Å². The Morgan fingerprint density at radius 1 is 1.38 bits per heavy atom. The second-order valence-electron chi connectivity index (χ2n) is 4.33. The van der Waals surface area contributed by atoms with Crippen LogP contribution in [-0.4, -0.2) is 36.8 Å². The minimum Gasteiger partial charge on any atom is -0.497 e. The van der Waals surface area contributed by atoms with Gasteiger partial charge in [-0.3, -0.25) is 0 Å². The molecule has 16 heavy (non-hydrogen) atoms. The molecule has 0 bridgehead atoms. The Labute approximate surface area is 97.7 Å². The molecule has 1 aromatic carbocycles. The molecule has 1 N–H and O–H groups in total. The SMILES string of the molecule is COc1cccc(C(O)CN(C)C(C)C)c1. The number of nitrogens with zero attached hydrogens (tertiary/aromatic N) is 1. The number of ether oxygens (including phenoxy) is 1. The number of methoxy groups -OCH3 is 1. The first-order valence-corrected chi connectivity index (χ1v) is 5.57. The first-order chi connectivity index (χ1) is 7.54. The van der Waals surface area contributed by atoms with Crippen molar-refractivity contribution in [3.05, 3.63) is 29.8 Å². The number of benzene rings is 1. The van der Waals surface area contributed by atoms with Gasteiger partial charge in [0, 0.05) is 12.6 Å². The zero-order valence-corrected chi connectivity index (χ0v) is 10.5. The van der Waals surface area contributed by atoms with E-state index in [0.29, 0.717) is 12.6 Å². The lowest BCUT2D eigenvalue weighted by atomic mass is 10.1. The molecule has 0 spiro atoms. The molecule has 0 saturated heterocycles. The van der Waals surface area contributed by atoms with E-state index in [0.717, 1.165) is 11.3 Å². The molecule has 1 rings (SSSR count). The monoisotopic (exact) mass is 223 g/mol. The second-order valence-corrected chi connectivity index (χ2v) is 4.33. The van der Waals surface area contributed by atoms with Crippen LogP contribution in [0.5, 0.6) is 5.75 Å². The molecule has 1 unspecified atom stereocenters. The summed E-state index contributed by atoms with van der Waals surface area (Å²) in [4.78, 5) is 2.12. The maximum absolute atomic E-state index is 10.1. The summed E-state index contributed by atoms with van der Waals surface area (Å²) < 4.78 is 5.13. The topological polar surface area (TPSA) is 32.7 Å². The Hall–Kier alpha value is -1.06. The lowest BCUT2D eigenvalue weighted by molar-refractivity contribution is 0.112. The van der Waals surface area contributed by atoms with Gasteiger partial charge in [0.25, 0.3) is 0 Å². The Balaban J connectivity index is 2.68. The quantitative estimate of drug-likeness (QED) is 0.829. The van der Waals surface area contributed by atoms with E-state index >= 15 is 0 Å². The van der Waals surface area contributed by atoms with E-state index < -0.39 is 6.10 Å². The number of aliphatic hydroxyl groups excluding tert-OH is 1. The third-order valence-electron chi connectivity index (χ3n) is 2.82. The fourth-order valence-corrected chi connectivity index (χ4v) is 1.44. The summed E-state index contributed by atoms with van der Waals surface area (Å²) in [6.45, 7) is 4.85. The maximum atomic E-state index is 10.1. The van der Waals surface area contributed by atoms with Gasteiger partial charge >= 0.3 is 0 Å². The Bertz CT molecular complexity index is 325. The molecule has 0 aliphatic rings. The van der Waals surface area contributed by atoms with Gasteiger partial charge in [0.05, 0.1) is 13.2 Å². The van der Waals surface area contributed by atoms with Gasteiger partial charge in [0.2, 0.25) is 0 Å². The number of rotatable bonds is 5. The number of hydrogen-bond donors (Lipinski definition) is 1. The smallest absolute Gasteiger partial charge is 0.119 e. The van der Waals surface area contributed by atoms with Crippen molar-refractivity contribution in [3.8, 4) is 5.75 Å². The number of hydrogen-bond acceptors (Lipinski definition) is 3. The molecule has 90 valence electrons. The highest BCUT2D eigenvalue weighted by molar-refractivity contribution is 5.29. The van der Waals surface area contributed by atoms with Gasteiger partial charge in [-0.25, -0.2) is 0 Å². The Morgan fingerprint density at radius 3 is 2.62 bits per heavy atom. The third-order valence-corrected chi connectivity index (χ3v) is 2.82. The zero-order chi connectivity index (χ0) is 12.1. The summed E-state index contributed by atoms with van der Waals surface area (Å²) in [6.07, 6.45) is -0.470. The highest BCUT2D eigenvalue weighted by atomic mass is 16.5. The largest absolute Gasteiger partial charge is 0.497 e. The van der Waals surface area contributed by atoms with Crippen molar-refractivity contribution < 1.29 is 9.84 Å². The molecule has 0 aliphatic carbocycles. The fraction of sp³-hybridized carbons (Fsp3) is 0.538. The van der Waals surface area contributed by atoms with Gasteiger partial charge in [-0.2, -0.15) is 0 Å². The van der Waals surface area contributed by atoms with Crippen LogP contribution in [0.2, 0.25) is 0 Å². The molecule has 0 aliphatic heterocycles. The van der Waals surface area contributed by atoms with E-state index in [9.17, 15) is 5.11 Å². The Kier molecular flexibility index (Phi) is 4.77. The molecule has 0 fully saturated rings. The number of aliphatic hydroxyl groups is 1. The van der Waals surface area contributed by atoms with Crippen molar-refractivity contribution in [1.82, 2.24) is 4.90 Å². The van der Waals surface area contributed by atoms with Crippen molar-refractivity contribution in [2.24, 2.45) is 0 Å². The van der Waals surface area contributed by atoms with E-state index in [2.05, 4.69) is 18.7 Å². The van der Waals surface area contributed by atoms with Crippen LogP contribution in [0.4, 0.5) is 0 Å². The molecule has 0 radical (unpaired) electrons. The molecule has 3 heteroatoms. The van der Waals surface area contributed by atoms with Crippen LogP contribution in [0.1, 0.15) is 25.5 Å². The Morgan fingerprint density at radius 2 is 2.06 bits per heavy atom. The van der Waals surface area contributed by atoms with Crippen LogP contribution in [0.3, 0.4) is 0 Å². The van der Waals surface area contributed by atoms with Crippen LogP contribution < -0.4 is 4.74 Å². The second kappa shape index (κ2) is 5.87. The van der Waals surface area contributed by atoms with Gasteiger partial charge in [-0.05, 0) is 38.6 Å². The van der Waals surface area contributed by atoms with Gasteiger partial charge < -0.3 is 14.7 Å². The summed E-state index contributed by atoms with van der Waals surface area (Å²) >= 11 is 0. The molecular formula is C13H21NO2.